The summed E-state index contributed by atoms with van der Waals surface area (Å²) < 4.78 is 10.9. The minimum atomic E-state index is 0.451. The number of fused-ring (bicyclic) bond motifs is 1. The van der Waals surface area contributed by atoms with Gasteiger partial charge in [-0.15, -0.1) is 11.3 Å². The highest BCUT2D eigenvalue weighted by Gasteiger charge is 2.12. The van der Waals surface area contributed by atoms with Gasteiger partial charge in [0.25, 0.3) is 0 Å². The van der Waals surface area contributed by atoms with Crippen LogP contribution in [-0.4, -0.2) is 17.3 Å². The van der Waals surface area contributed by atoms with Crippen LogP contribution in [0.25, 0.3) is 22.2 Å². The van der Waals surface area contributed by atoms with E-state index in [1.54, 1.807) is 19.4 Å². The maximum atomic E-state index is 9.43. The van der Waals surface area contributed by atoms with E-state index in [1.165, 1.54) is 11.3 Å². The van der Waals surface area contributed by atoms with Crippen molar-refractivity contribution in [1.29, 1.82) is 0 Å². The Morgan fingerprint density at radius 1 is 1.33 bits per heavy atom. The zero-order chi connectivity index (χ0) is 15.0. The first-order valence-corrected chi connectivity index (χ1v) is 7.22. The van der Waals surface area contributed by atoms with Crippen molar-refractivity contribution in [3.05, 3.63) is 39.7 Å². The summed E-state index contributed by atoms with van der Waals surface area (Å²) in [7, 11) is 1.61. The first kappa shape index (κ1) is 13.6. The number of thiazole rings is 1. The van der Waals surface area contributed by atoms with Gasteiger partial charge >= 0.3 is 0 Å². The highest BCUT2D eigenvalue weighted by Crippen LogP contribution is 2.26. The number of methoxy groups -OCH3 is 1. The van der Waals surface area contributed by atoms with E-state index in [0.717, 1.165) is 27.4 Å². The van der Waals surface area contributed by atoms with Gasteiger partial charge < -0.3 is 14.4 Å². The number of aromatic nitrogens is 1. The van der Waals surface area contributed by atoms with E-state index in [0.29, 0.717) is 16.5 Å². The van der Waals surface area contributed by atoms with Crippen LogP contribution >= 0.6 is 11.3 Å². The van der Waals surface area contributed by atoms with E-state index in [4.69, 9.17) is 9.15 Å². The van der Waals surface area contributed by atoms with Crippen LogP contribution in [0.15, 0.2) is 33.3 Å². The van der Waals surface area contributed by atoms with E-state index in [1.807, 2.05) is 25.3 Å². The third kappa shape index (κ3) is 2.27. The van der Waals surface area contributed by atoms with Crippen LogP contribution in [0.5, 0.6) is 5.75 Å². The lowest BCUT2D eigenvalue weighted by atomic mass is 10.1. The summed E-state index contributed by atoms with van der Waals surface area (Å²) in [5, 5.41) is 16.9. The summed E-state index contributed by atoms with van der Waals surface area (Å²) in [6, 6.07) is 3.67. The molecule has 5 nitrogen and oxygen atoms in total. The molecule has 2 aromatic heterocycles. The highest BCUT2D eigenvalue weighted by molar-refractivity contribution is 7.09. The van der Waals surface area contributed by atoms with Crippen molar-refractivity contribution >= 4 is 22.3 Å². The van der Waals surface area contributed by atoms with E-state index in [2.05, 4.69) is 10.1 Å². The Balaban J connectivity index is 2.35. The Bertz CT molecular complexity index is 880. The average Bonchev–Trinajstić information content (AvgIpc) is 2.91. The molecule has 0 radical (unpaired) electrons. The molecule has 1 N–H and O–H groups in total. The third-order valence-corrected chi connectivity index (χ3v) is 4.08. The summed E-state index contributed by atoms with van der Waals surface area (Å²) in [6.07, 6.45) is 1.56. The van der Waals surface area contributed by atoms with Gasteiger partial charge in [-0.2, -0.15) is 0 Å². The quantitative estimate of drug-likeness (QED) is 0.581. The lowest BCUT2D eigenvalue weighted by Gasteiger charge is -2.07. The molecule has 0 aliphatic heterocycles. The fourth-order valence-corrected chi connectivity index (χ4v) is 2.88. The summed E-state index contributed by atoms with van der Waals surface area (Å²) in [5.74, 6) is 0.729. The lowest BCUT2D eigenvalue weighted by molar-refractivity contribution is 0.302. The van der Waals surface area contributed by atoms with Crippen LogP contribution in [0, 0.1) is 13.8 Å². The number of rotatable bonds is 2. The van der Waals surface area contributed by atoms with Crippen LogP contribution in [0.3, 0.4) is 0 Å². The average molecular weight is 302 g/mol. The topological polar surface area (TPSA) is 67.9 Å². The summed E-state index contributed by atoms with van der Waals surface area (Å²) in [5.41, 5.74) is 2.95. The molecule has 0 unspecified atom stereocenters. The van der Waals surface area contributed by atoms with E-state index in [-0.39, 0.29) is 0 Å². The summed E-state index contributed by atoms with van der Waals surface area (Å²) in [6.45, 7) is 3.86. The van der Waals surface area contributed by atoms with E-state index >= 15 is 0 Å². The fourth-order valence-electron chi connectivity index (χ4n) is 2.27. The van der Waals surface area contributed by atoms with Crippen molar-refractivity contribution in [3.63, 3.8) is 0 Å². The Kier molecular flexibility index (Phi) is 3.39. The summed E-state index contributed by atoms with van der Waals surface area (Å²) >= 11 is 1.54. The minimum absolute atomic E-state index is 0.451. The monoisotopic (exact) mass is 302 g/mol. The predicted molar refractivity (Wildman–Crippen MR) is 80.7 cm³/mol. The first-order valence-electron chi connectivity index (χ1n) is 6.34. The number of hydrogen-bond donors (Lipinski definition) is 1. The SMILES string of the molecule is COc1cc2occ(-c3csc(C)n3)c(=NO)c2cc1C. The Hall–Kier alpha value is -2.34. The molecule has 6 heteroatoms. The van der Waals surface area contributed by atoms with E-state index in [9.17, 15) is 5.21 Å². The van der Waals surface area contributed by atoms with Gasteiger partial charge in [0.2, 0.25) is 0 Å². The second-order valence-electron chi connectivity index (χ2n) is 4.67. The van der Waals surface area contributed by atoms with Gasteiger partial charge in [0.05, 0.1) is 23.4 Å². The molecule has 0 atom stereocenters. The number of hydrogen-bond acceptors (Lipinski definition) is 6. The molecule has 0 spiro atoms. The highest BCUT2D eigenvalue weighted by atomic mass is 32.1. The first-order chi connectivity index (χ1) is 10.1. The van der Waals surface area contributed by atoms with Crippen LogP contribution < -0.4 is 10.1 Å². The standard InChI is InChI=1S/C15H14N2O3S/c1-8-4-10-14(5-13(8)19-3)20-6-11(15(10)17-18)12-7-21-9(2)16-12/h4-7,18H,1-3H3. The smallest absolute Gasteiger partial charge is 0.139 e. The van der Waals surface area contributed by atoms with Gasteiger partial charge in [0, 0.05) is 16.8 Å². The van der Waals surface area contributed by atoms with Gasteiger partial charge in [0.15, 0.2) is 0 Å². The zero-order valence-corrected chi connectivity index (χ0v) is 12.7. The number of nitrogens with zero attached hydrogens (tertiary/aromatic N) is 2. The van der Waals surface area contributed by atoms with Crippen molar-refractivity contribution in [1.82, 2.24) is 4.98 Å². The largest absolute Gasteiger partial charge is 0.496 e. The summed E-state index contributed by atoms with van der Waals surface area (Å²) in [4.78, 5) is 4.42. The molecule has 0 saturated heterocycles. The van der Waals surface area contributed by atoms with Crippen LogP contribution in [0.4, 0.5) is 0 Å². The molecule has 0 saturated carbocycles. The van der Waals surface area contributed by atoms with Gasteiger partial charge in [-0.1, -0.05) is 5.16 Å². The Morgan fingerprint density at radius 3 is 2.76 bits per heavy atom. The van der Waals surface area contributed by atoms with Gasteiger partial charge in [-0.05, 0) is 25.5 Å². The molecule has 0 aliphatic rings. The second-order valence-corrected chi connectivity index (χ2v) is 5.73. The zero-order valence-electron chi connectivity index (χ0n) is 11.9. The minimum Gasteiger partial charge on any atom is -0.496 e. The number of benzene rings is 1. The van der Waals surface area contributed by atoms with Gasteiger partial charge in [-0.25, -0.2) is 4.98 Å². The number of ether oxygens (including phenoxy) is 1. The molecule has 108 valence electrons. The predicted octanol–water partition coefficient (Wildman–Crippen LogP) is 3.47. The Morgan fingerprint density at radius 2 is 2.14 bits per heavy atom. The molecule has 3 aromatic rings. The van der Waals surface area contributed by atoms with Gasteiger partial charge in [0.1, 0.15) is 23.0 Å². The van der Waals surface area contributed by atoms with Crippen molar-refractivity contribution < 1.29 is 14.4 Å². The Labute approximate surface area is 125 Å². The third-order valence-electron chi connectivity index (χ3n) is 3.31. The molecular weight excluding hydrogens is 288 g/mol. The fraction of sp³-hybridized carbons (Fsp3) is 0.200. The van der Waals surface area contributed by atoms with Crippen molar-refractivity contribution in [2.75, 3.05) is 7.11 Å². The maximum absolute atomic E-state index is 9.43. The van der Waals surface area contributed by atoms with Gasteiger partial charge in [-0.3, -0.25) is 0 Å². The molecular formula is C15H14N2O3S. The number of aryl methyl sites for hydroxylation is 2. The van der Waals surface area contributed by atoms with Crippen molar-refractivity contribution in [2.24, 2.45) is 5.16 Å². The molecule has 0 bridgehead atoms. The van der Waals surface area contributed by atoms with Crippen LogP contribution in [0.1, 0.15) is 10.6 Å². The van der Waals surface area contributed by atoms with Crippen LogP contribution in [0.2, 0.25) is 0 Å². The lowest BCUT2D eigenvalue weighted by Crippen LogP contribution is -2.08. The second kappa shape index (κ2) is 5.21. The molecule has 3 rings (SSSR count). The van der Waals surface area contributed by atoms with Crippen molar-refractivity contribution in [2.45, 2.75) is 13.8 Å². The van der Waals surface area contributed by atoms with Crippen LogP contribution in [-0.2, 0) is 0 Å². The molecule has 2 heterocycles. The molecule has 1 aromatic carbocycles. The molecule has 21 heavy (non-hydrogen) atoms. The normalized spacial score (nSPS) is 12.0. The van der Waals surface area contributed by atoms with Crippen molar-refractivity contribution in [3.8, 4) is 17.0 Å². The molecule has 0 amide bonds. The molecule has 0 aliphatic carbocycles. The molecule has 0 fully saturated rings. The van der Waals surface area contributed by atoms with E-state index < -0.39 is 0 Å². The maximum Gasteiger partial charge on any atom is 0.139 e.